The number of ether oxygens (including phenoxy) is 1. The van der Waals surface area contributed by atoms with Gasteiger partial charge in [-0.1, -0.05) is 32.1 Å². The van der Waals surface area contributed by atoms with Crippen molar-refractivity contribution in [2.45, 2.75) is 57.1 Å². The Kier molecular flexibility index (Phi) is 5.02. The molecule has 28 heavy (non-hydrogen) atoms. The Labute approximate surface area is 167 Å². The average molecular weight is 381 g/mol. The summed E-state index contributed by atoms with van der Waals surface area (Å²) in [6.07, 6.45) is 10.9. The molecule has 1 unspecified atom stereocenters. The van der Waals surface area contributed by atoms with E-state index >= 15 is 0 Å². The molecule has 3 aliphatic heterocycles. The van der Waals surface area contributed by atoms with E-state index in [-0.39, 0.29) is 6.04 Å². The Morgan fingerprint density at radius 1 is 1.11 bits per heavy atom. The summed E-state index contributed by atoms with van der Waals surface area (Å²) in [4.78, 5) is 7.08. The summed E-state index contributed by atoms with van der Waals surface area (Å²) >= 11 is 0. The second kappa shape index (κ2) is 7.64. The molecule has 150 valence electrons. The van der Waals surface area contributed by atoms with E-state index in [2.05, 4.69) is 9.88 Å². The van der Waals surface area contributed by atoms with Crippen LogP contribution in [0.4, 0.5) is 0 Å². The van der Waals surface area contributed by atoms with E-state index in [4.69, 9.17) is 4.74 Å². The molecule has 5 atom stereocenters. The molecule has 4 nitrogen and oxygen atoms in total. The van der Waals surface area contributed by atoms with Gasteiger partial charge in [0.05, 0.1) is 18.7 Å². The zero-order valence-electron chi connectivity index (χ0n) is 16.9. The van der Waals surface area contributed by atoms with Crippen molar-refractivity contribution >= 4 is 10.9 Å². The van der Waals surface area contributed by atoms with Crippen LogP contribution in [0.2, 0.25) is 0 Å². The Morgan fingerprint density at radius 2 is 1.96 bits per heavy atom. The van der Waals surface area contributed by atoms with Gasteiger partial charge in [0.15, 0.2) is 0 Å². The maximum absolute atomic E-state index is 11.4. The van der Waals surface area contributed by atoms with Crippen LogP contribution in [-0.2, 0) is 0 Å². The lowest BCUT2D eigenvalue weighted by molar-refractivity contribution is -0.0739. The van der Waals surface area contributed by atoms with Gasteiger partial charge in [-0.2, -0.15) is 0 Å². The third-order valence-electron chi connectivity index (χ3n) is 7.77. The minimum Gasteiger partial charge on any atom is -0.497 e. The fourth-order valence-electron chi connectivity index (χ4n) is 6.27. The molecule has 0 radical (unpaired) electrons. The summed E-state index contributed by atoms with van der Waals surface area (Å²) in [5.74, 6) is 3.38. The van der Waals surface area contributed by atoms with Crippen molar-refractivity contribution in [1.29, 1.82) is 0 Å². The van der Waals surface area contributed by atoms with Gasteiger partial charge in [-0.25, -0.2) is 0 Å². The predicted molar refractivity (Wildman–Crippen MR) is 111 cm³/mol. The Hall–Kier alpha value is -1.65. The summed E-state index contributed by atoms with van der Waals surface area (Å²) in [5.41, 5.74) is 1.92. The summed E-state index contributed by atoms with van der Waals surface area (Å²) in [6.45, 7) is 2.32. The molecule has 4 fully saturated rings. The molecule has 2 bridgehead atoms. The van der Waals surface area contributed by atoms with Crippen LogP contribution in [0.25, 0.3) is 10.9 Å². The molecule has 1 aromatic carbocycles. The standard InChI is InChI=1S/C24H32N2O2/c1-28-18-7-8-22-20(14-18)19(9-11-25-22)24(27)23-13-17-10-12-26(23)15-21(17)16-5-3-2-4-6-16/h7-9,11,14,16-17,21,23-24,27H,2-6,10,12-13,15H2,1H3/t17-,21+,23-,24+/m0/s1. The van der Waals surface area contributed by atoms with Crippen LogP contribution in [0.1, 0.15) is 56.6 Å². The molecule has 1 N–H and O–H groups in total. The zero-order valence-corrected chi connectivity index (χ0v) is 16.9. The fraction of sp³-hybridized carbons (Fsp3) is 0.625. The van der Waals surface area contributed by atoms with Gasteiger partial charge in [-0.3, -0.25) is 9.88 Å². The second-order valence-corrected chi connectivity index (χ2v) is 9.14. The fourth-order valence-corrected chi connectivity index (χ4v) is 6.27. The number of methoxy groups -OCH3 is 1. The van der Waals surface area contributed by atoms with Crippen LogP contribution >= 0.6 is 0 Å². The first-order valence-corrected chi connectivity index (χ1v) is 11.1. The molecular weight excluding hydrogens is 348 g/mol. The average Bonchev–Trinajstić information content (AvgIpc) is 2.78. The van der Waals surface area contributed by atoms with E-state index in [1.54, 1.807) is 7.11 Å². The van der Waals surface area contributed by atoms with E-state index in [0.717, 1.165) is 52.9 Å². The summed E-state index contributed by atoms with van der Waals surface area (Å²) < 4.78 is 5.41. The van der Waals surface area contributed by atoms with Crippen molar-refractivity contribution in [2.24, 2.45) is 17.8 Å². The number of piperidine rings is 3. The molecule has 3 saturated heterocycles. The minimum atomic E-state index is -0.465. The highest BCUT2D eigenvalue weighted by Crippen LogP contribution is 2.47. The van der Waals surface area contributed by atoms with Crippen molar-refractivity contribution in [2.75, 3.05) is 20.2 Å². The van der Waals surface area contributed by atoms with Crippen molar-refractivity contribution in [3.63, 3.8) is 0 Å². The minimum absolute atomic E-state index is 0.232. The Balaban J connectivity index is 1.39. The number of fused-ring (bicyclic) bond motifs is 4. The maximum Gasteiger partial charge on any atom is 0.119 e. The number of nitrogens with zero attached hydrogens (tertiary/aromatic N) is 2. The maximum atomic E-state index is 11.4. The first-order chi connectivity index (χ1) is 13.7. The SMILES string of the molecule is COc1ccc2nccc([C@@H](O)[C@@H]3C[C@@H]4CCN3C[C@@H]4C3CCCCC3)c2c1. The third kappa shape index (κ3) is 3.21. The topological polar surface area (TPSA) is 45.6 Å². The molecule has 1 aromatic heterocycles. The quantitative estimate of drug-likeness (QED) is 0.844. The molecule has 2 aromatic rings. The van der Waals surface area contributed by atoms with Crippen LogP contribution in [0.15, 0.2) is 30.5 Å². The summed E-state index contributed by atoms with van der Waals surface area (Å²) in [6, 6.07) is 8.16. The second-order valence-electron chi connectivity index (χ2n) is 9.14. The van der Waals surface area contributed by atoms with Gasteiger partial charge in [0.25, 0.3) is 0 Å². The molecule has 4 aliphatic rings. The van der Waals surface area contributed by atoms with Crippen molar-refractivity contribution in [3.05, 3.63) is 36.0 Å². The molecular formula is C24H32N2O2. The molecule has 0 spiro atoms. The summed E-state index contributed by atoms with van der Waals surface area (Å²) in [7, 11) is 1.69. The van der Waals surface area contributed by atoms with Crippen molar-refractivity contribution in [1.82, 2.24) is 9.88 Å². The number of rotatable bonds is 4. The van der Waals surface area contributed by atoms with Gasteiger partial charge < -0.3 is 9.84 Å². The highest BCUT2D eigenvalue weighted by molar-refractivity contribution is 5.83. The number of hydrogen-bond donors (Lipinski definition) is 1. The molecule has 6 rings (SSSR count). The Bertz CT molecular complexity index is 832. The lowest BCUT2D eigenvalue weighted by Crippen LogP contribution is -2.56. The van der Waals surface area contributed by atoms with Crippen molar-refractivity contribution in [3.8, 4) is 5.75 Å². The Morgan fingerprint density at radius 3 is 2.71 bits per heavy atom. The van der Waals surface area contributed by atoms with Crippen LogP contribution < -0.4 is 4.74 Å². The van der Waals surface area contributed by atoms with Gasteiger partial charge in [-0.15, -0.1) is 0 Å². The number of benzene rings is 1. The largest absolute Gasteiger partial charge is 0.497 e. The van der Waals surface area contributed by atoms with E-state index in [0.29, 0.717) is 0 Å². The first-order valence-electron chi connectivity index (χ1n) is 11.1. The zero-order chi connectivity index (χ0) is 19.1. The van der Waals surface area contributed by atoms with Gasteiger partial charge in [-0.05, 0) is 67.0 Å². The van der Waals surface area contributed by atoms with Crippen LogP contribution in [-0.4, -0.2) is 41.2 Å². The lowest BCUT2D eigenvalue weighted by atomic mass is 9.66. The monoisotopic (exact) mass is 380 g/mol. The van der Waals surface area contributed by atoms with Gasteiger partial charge in [0.1, 0.15) is 5.75 Å². The van der Waals surface area contributed by atoms with Crippen LogP contribution in [0.5, 0.6) is 5.75 Å². The van der Waals surface area contributed by atoms with Crippen LogP contribution in [0.3, 0.4) is 0 Å². The number of aliphatic hydroxyl groups is 1. The van der Waals surface area contributed by atoms with Gasteiger partial charge >= 0.3 is 0 Å². The van der Waals surface area contributed by atoms with Gasteiger partial charge in [0, 0.05) is 24.2 Å². The van der Waals surface area contributed by atoms with Crippen LogP contribution in [0, 0.1) is 17.8 Å². The smallest absolute Gasteiger partial charge is 0.119 e. The third-order valence-corrected chi connectivity index (χ3v) is 7.77. The molecule has 4 heteroatoms. The molecule has 4 heterocycles. The highest BCUT2D eigenvalue weighted by Gasteiger charge is 2.45. The van der Waals surface area contributed by atoms with Crippen molar-refractivity contribution < 1.29 is 9.84 Å². The molecule has 1 aliphatic carbocycles. The summed E-state index contributed by atoms with van der Waals surface area (Å²) in [5, 5.41) is 12.4. The molecule has 0 amide bonds. The highest BCUT2D eigenvalue weighted by atomic mass is 16.5. The van der Waals surface area contributed by atoms with E-state index < -0.39 is 6.10 Å². The lowest BCUT2D eigenvalue weighted by Gasteiger charge is -2.53. The van der Waals surface area contributed by atoms with Gasteiger partial charge in [0.2, 0.25) is 0 Å². The van der Waals surface area contributed by atoms with E-state index in [1.165, 1.54) is 45.1 Å². The first kappa shape index (κ1) is 18.4. The molecule has 1 saturated carbocycles. The van der Waals surface area contributed by atoms with E-state index in [9.17, 15) is 5.11 Å². The van der Waals surface area contributed by atoms with E-state index in [1.807, 2.05) is 30.5 Å². The predicted octanol–water partition coefficient (Wildman–Crippen LogP) is 4.57. The normalized spacial score (nSPS) is 31.8. The number of pyridine rings is 1. The number of aromatic nitrogens is 1. The number of hydrogen-bond acceptors (Lipinski definition) is 4. The number of aliphatic hydroxyl groups excluding tert-OH is 1.